The summed E-state index contributed by atoms with van der Waals surface area (Å²) in [4.78, 5) is 11.0. The fourth-order valence-corrected chi connectivity index (χ4v) is 5.53. The third-order valence-corrected chi connectivity index (χ3v) is 7.74. The van der Waals surface area contributed by atoms with Crippen molar-refractivity contribution < 1.29 is 12.8 Å². The molecule has 3 aromatic rings. The Morgan fingerprint density at radius 1 is 1.06 bits per heavy atom. The van der Waals surface area contributed by atoms with Crippen LogP contribution in [0.2, 0.25) is 0 Å². The lowest BCUT2D eigenvalue weighted by molar-refractivity contribution is 0.191. The maximum Gasteiger partial charge on any atom is 0.244 e. The van der Waals surface area contributed by atoms with Crippen molar-refractivity contribution in [3.8, 4) is 12.3 Å². The van der Waals surface area contributed by atoms with Gasteiger partial charge < -0.3 is 15.5 Å². The lowest BCUT2D eigenvalue weighted by Gasteiger charge is -2.35. The van der Waals surface area contributed by atoms with Crippen molar-refractivity contribution >= 4 is 33.2 Å². The summed E-state index contributed by atoms with van der Waals surface area (Å²) in [6.45, 7) is 1.71. The average Bonchev–Trinajstić information content (AvgIpc) is 2.85. The van der Waals surface area contributed by atoms with Crippen LogP contribution in [0.4, 0.5) is 27.5 Å². The summed E-state index contributed by atoms with van der Waals surface area (Å²) in [6.07, 6.45) is 8.58. The van der Waals surface area contributed by atoms with Gasteiger partial charge in [0.2, 0.25) is 16.0 Å². The van der Waals surface area contributed by atoms with Gasteiger partial charge in [-0.3, -0.25) is 0 Å². The summed E-state index contributed by atoms with van der Waals surface area (Å²) in [7, 11) is -1.71. The Morgan fingerprint density at radius 2 is 1.69 bits per heavy atom. The fourth-order valence-electron chi connectivity index (χ4n) is 3.93. The second-order valence-corrected chi connectivity index (χ2v) is 10.2. The highest BCUT2D eigenvalue weighted by atomic mass is 32.2. The standard InChI is InChI=1S/C25H27FN6O2S/c1-3-16-32(22-13-17-31(2)18-14-22)35(33,34)23-10-8-21(9-11-23)29-25-27-15-12-24(30-25)28-20-6-4-19(26)5-7-20/h1,4-12,15,22H,13-14,16-18H2,2H3,(H2,27,28,29,30). The van der Waals surface area contributed by atoms with Crippen molar-refractivity contribution in [2.24, 2.45) is 0 Å². The summed E-state index contributed by atoms with van der Waals surface area (Å²) < 4.78 is 41.3. The predicted molar refractivity (Wildman–Crippen MR) is 135 cm³/mol. The molecular formula is C25H27FN6O2S. The van der Waals surface area contributed by atoms with E-state index in [2.05, 4.69) is 31.4 Å². The molecule has 1 fully saturated rings. The summed E-state index contributed by atoms with van der Waals surface area (Å²) in [5.74, 6) is 3.03. The van der Waals surface area contributed by atoms with Gasteiger partial charge in [-0.05, 0) is 87.6 Å². The van der Waals surface area contributed by atoms with E-state index < -0.39 is 10.0 Å². The lowest BCUT2D eigenvalue weighted by atomic mass is 10.1. The highest BCUT2D eigenvalue weighted by Gasteiger charge is 2.32. The van der Waals surface area contributed by atoms with Gasteiger partial charge in [0, 0.05) is 23.6 Å². The van der Waals surface area contributed by atoms with Crippen molar-refractivity contribution in [3.63, 3.8) is 0 Å². The zero-order chi connectivity index (χ0) is 24.8. The minimum absolute atomic E-state index is 0.0401. The minimum atomic E-state index is -3.74. The number of sulfonamides is 1. The molecule has 0 atom stereocenters. The quantitative estimate of drug-likeness (QED) is 0.460. The zero-order valence-corrected chi connectivity index (χ0v) is 20.2. The molecular weight excluding hydrogens is 467 g/mol. The maximum absolute atomic E-state index is 13.4. The van der Waals surface area contributed by atoms with Gasteiger partial charge in [-0.15, -0.1) is 6.42 Å². The molecule has 2 heterocycles. The minimum Gasteiger partial charge on any atom is -0.340 e. The van der Waals surface area contributed by atoms with E-state index in [-0.39, 0.29) is 23.3 Å². The molecule has 1 aliphatic heterocycles. The van der Waals surface area contributed by atoms with Gasteiger partial charge in [0.15, 0.2) is 0 Å². The molecule has 0 saturated carbocycles. The Bertz CT molecular complexity index is 1280. The van der Waals surface area contributed by atoms with Gasteiger partial charge in [0.1, 0.15) is 11.6 Å². The summed E-state index contributed by atoms with van der Waals surface area (Å²) in [5.41, 5.74) is 1.32. The largest absolute Gasteiger partial charge is 0.340 e. The lowest BCUT2D eigenvalue weighted by Crippen LogP contribution is -2.46. The Hall–Kier alpha value is -3.52. The molecule has 1 aliphatic rings. The van der Waals surface area contributed by atoms with Crippen molar-refractivity contribution in [2.45, 2.75) is 23.8 Å². The second-order valence-electron chi connectivity index (χ2n) is 8.34. The van der Waals surface area contributed by atoms with Gasteiger partial charge in [0.25, 0.3) is 0 Å². The molecule has 0 bridgehead atoms. The van der Waals surface area contributed by atoms with Crippen LogP contribution in [-0.4, -0.2) is 60.3 Å². The van der Waals surface area contributed by atoms with Crippen LogP contribution in [0.5, 0.6) is 0 Å². The average molecular weight is 495 g/mol. The molecule has 2 aromatic carbocycles. The molecule has 0 radical (unpaired) electrons. The summed E-state index contributed by atoms with van der Waals surface area (Å²) >= 11 is 0. The molecule has 0 unspecified atom stereocenters. The van der Waals surface area contributed by atoms with Crippen LogP contribution in [-0.2, 0) is 10.0 Å². The topological polar surface area (TPSA) is 90.5 Å². The van der Waals surface area contributed by atoms with Crippen molar-refractivity contribution in [3.05, 3.63) is 66.6 Å². The fraction of sp³-hybridized carbons (Fsp3) is 0.280. The first-order valence-corrected chi connectivity index (χ1v) is 12.7. The van der Waals surface area contributed by atoms with Gasteiger partial charge in [0.05, 0.1) is 11.4 Å². The monoisotopic (exact) mass is 494 g/mol. The summed E-state index contributed by atoms with van der Waals surface area (Å²) in [6, 6.07) is 13.9. The SMILES string of the molecule is C#CCN(C1CCN(C)CC1)S(=O)(=O)c1ccc(Nc2nccc(Nc3ccc(F)cc3)n2)cc1. The smallest absolute Gasteiger partial charge is 0.244 e. The van der Waals surface area contributed by atoms with Crippen molar-refractivity contribution in [1.82, 2.24) is 19.2 Å². The first-order valence-electron chi connectivity index (χ1n) is 11.2. The third kappa shape index (κ3) is 6.14. The number of hydrogen-bond donors (Lipinski definition) is 2. The van der Waals surface area contributed by atoms with E-state index in [1.165, 1.54) is 16.4 Å². The van der Waals surface area contributed by atoms with Crippen LogP contribution < -0.4 is 10.6 Å². The van der Waals surface area contributed by atoms with Gasteiger partial charge in [-0.2, -0.15) is 9.29 Å². The number of piperidine rings is 1. The molecule has 0 spiro atoms. The number of terminal acetylenes is 1. The Morgan fingerprint density at radius 3 is 2.34 bits per heavy atom. The molecule has 1 aromatic heterocycles. The predicted octanol–water partition coefficient (Wildman–Crippen LogP) is 3.82. The molecule has 0 amide bonds. The molecule has 2 N–H and O–H groups in total. The second kappa shape index (κ2) is 10.8. The Kier molecular flexibility index (Phi) is 7.60. The van der Waals surface area contributed by atoms with E-state index in [4.69, 9.17) is 6.42 Å². The number of rotatable bonds is 8. The molecule has 35 heavy (non-hydrogen) atoms. The maximum atomic E-state index is 13.4. The number of nitrogens with one attached hydrogen (secondary N) is 2. The van der Waals surface area contributed by atoms with E-state index in [0.29, 0.717) is 23.1 Å². The summed E-state index contributed by atoms with van der Waals surface area (Å²) in [5, 5.41) is 6.15. The van der Waals surface area contributed by atoms with Crippen LogP contribution in [0.15, 0.2) is 65.7 Å². The molecule has 8 nitrogen and oxygen atoms in total. The molecule has 1 saturated heterocycles. The Labute approximate surface area is 205 Å². The zero-order valence-electron chi connectivity index (χ0n) is 19.4. The number of likely N-dealkylation sites (tertiary alicyclic amines) is 1. The molecule has 182 valence electrons. The first-order chi connectivity index (χ1) is 16.8. The van der Waals surface area contributed by atoms with Crippen LogP contribution in [0.1, 0.15) is 12.8 Å². The Balaban J connectivity index is 1.46. The molecule has 0 aliphatic carbocycles. The van der Waals surface area contributed by atoms with E-state index in [1.54, 1.807) is 48.7 Å². The third-order valence-electron chi connectivity index (χ3n) is 5.83. The number of aromatic nitrogens is 2. The normalized spacial score (nSPS) is 15.0. The highest BCUT2D eigenvalue weighted by molar-refractivity contribution is 7.89. The number of halogens is 1. The van der Waals surface area contributed by atoms with Crippen LogP contribution in [0, 0.1) is 18.2 Å². The van der Waals surface area contributed by atoms with Gasteiger partial charge in [-0.25, -0.2) is 17.8 Å². The molecule has 4 rings (SSSR count). The first kappa shape index (κ1) is 24.6. The number of anilines is 4. The van der Waals surface area contributed by atoms with Crippen molar-refractivity contribution in [1.29, 1.82) is 0 Å². The van der Waals surface area contributed by atoms with E-state index in [9.17, 15) is 12.8 Å². The van der Waals surface area contributed by atoms with E-state index in [1.807, 2.05) is 7.05 Å². The van der Waals surface area contributed by atoms with Gasteiger partial charge >= 0.3 is 0 Å². The number of benzene rings is 2. The molecule has 10 heteroatoms. The number of hydrogen-bond acceptors (Lipinski definition) is 7. The van der Waals surface area contributed by atoms with Crippen LogP contribution in [0.25, 0.3) is 0 Å². The number of nitrogens with zero attached hydrogens (tertiary/aromatic N) is 4. The van der Waals surface area contributed by atoms with Crippen LogP contribution >= 0.6 is 0 Å². The van der Waals surface area contributed by atoms with Gasteiger partial charge in [-0.1, -0.05) is 5.92 Å². The van der Waals surface area contributed by atoms with E-state index >= 15 is 0 Å². The highest BCUT2D eigenvalue weighted by Crippen LogP contribution is 2.25. The van der Waals surface area contributed by atoms with Crippen molar-refractivity contribution in [2.75, 3.05) is 37.3 Å². The van der Waals surface area contributed by atoms with Crippen LogP contribution in [0.3, 0.4) is 0 Å². The van der Waals surface area contributed by atoms with E-state index in [0.717, 1.165) is 25.9 Å².